The Morgan fingerprint density at radius 2 is 1.66 bits per heavy atom. The topological polar surface area (TPSA) is 48.8 Å². The van der Waals surface area contributed by atoms with Gasteiger partial charge in [0.1, 0.15) is 5.69 Å². The zero-order valence-corrected chi connectivity index (χ0v) is 19.4. The molecule has 2 aromatic heterocycles. The van der Waals surface area contributed by atoms with Gasteiger partial charge in [0.2, 0.25) is 5.91 Å². The van der Waals surface area contributed by atoms with Crippen LogP contribution < -0.4 is 0 Å². The Labute approximate surface area is 193 Å². The van der Waals surface area contributed by atoms with E-state index in [1.54, 1.807) is 11.3 Å². The minimum Gasteiger partial charge on any atom is -0.340 e. The Morgan fingerprint density at radius 3 is 2.34 bits per heavy atom. The summed E-state index contributed by atoms with van der Waals surface area (Å²) in [5.74, 6) is 0.392. The average Bonchev–Trinajstić information content (AvgIpc) is 3.42. The second-order valence-corrected chi connectivity index (χ2v) is 9.86. The van der Waals surface area contributed by atoms with E-state index >= 15 is 0 Å². The Morgan fingerprint density at radius 1 is 0.938 bits per heavy atom. The van der Waals surface area contributed by atoms with Crippen LogP contribution in [-0.4, -0.2) is 70.3 Å². The molecule has 2 saturated heterocycles. The number of hydrogen-bond acceptors (Lipinski definition) is 4. The predicted octanol–water partition coefficient (Wildman–Crippen LogP) is 3.44. The van der Waals surface area contributed by atoms with Crippen molar-refractivity contribution >= 4 is 33.4 Å². The highest BCUT2D eigenvalue weighted by atomic mass is 32.1. The summed E-state index contributed by atoms with van der Waals surface area (Å²) in [7, 11) is 1.95. The second-order valence-electron chi connectivity index (χ2n) is 8.91. The van der Waals surface area contributed by atoms with E-state index in [2.05, 4.69) is 40.6 Å². The summed E-state index contributed by atoms with van der Waals surface area (Å²) in [5.41, 5.74) is 3.17. The van der Waals surface area contributed by atoms with Gasteiger partial charge in [-0.25, -0.2) is 0 Å². The molecule has 0 N–H and O–H groups in total. The maximum atomic E-state index is 13.1. The van der Waals surface area contributed by atoms with E-state index < -0.39 is 0 Å². The number of rotatable bonds is 4. The summed E-state index contributed by atoms with van der Waals surface area (Å²) >= 11 is 1.66. The number of amides is 2. The van der Waals surface area contributed by atoms with Crippen LogP contribution in [0, 0.1) is 5.92 Å². The quantitative estimate of drug-likeness (QED) is 0.612. The van der Waals surface area contributed by atoms with Gasteiger partial charge in [0.15, 0.2) is 0 Å². The normalized spacial score (nSPS) is 18.4. The number of hydrogen-bond donors (Lipinski definition) is 0. The van der Waals surface area contributed by atoms with Crippen LogP contribution in [0.4, 0.5) is 0 Å². The highest BCUT2D eigenvalue weighted by Crippen LogP contribution is 2.27. The second kappa shape index (κ2) is 9.08. The van der Waals surface area contributed by atoms with E-state index in [-0.39, 0.29) is 17.7 Å². The number of carbonyl (C=O) groups excluding carboxylic acids is 2. The Bertz CT molecular complexity index is 1090. The molecule has 5 rings (SSSR count). The fraction of sp³-hybridized carbons (Fsp3) is 0.440. The molecule has 32 heavy (non-hydrogen) atoms. The first-order valence-corrected chi connectivity index (χ1v) is 12.4. The van der Waals surface area contributed by atoms with Gasteiger partial charge in [-0.15, -0.1) is 11.3 Å². The molecule has 2 aliphatic rings. The number of nitrogens with zero attached hydrogens (tertiary/aromatic N) is 4. The highest BCUT2D eigenvalue weighted by Gasteiger charge is 2.32. The van der Waals surface area contributed by atoms with Gasteiger partial charge in [0.05, 0.1) is 10.2 Å². The molecular formula is C25H30N4O2S. The summed E-state index contributed by atoms with van der Waals surface area (Å²) < 4.78 is 3.13. The van der Waals surface area contributed by atoms with E-state index in [0.717, 1.165) is 61.5 Å². The third-order valence-electron chi connectivity index (χ3n) is 6.95. The molecule has 2 aliphatic heterocycles. The number of aromatic nitrogens is 1. The fourth-order valence-electron chi connectivity index (χ4n) is 4.97. The fourth-order valence-corrected chi connectivity index (χ4v) is 5.82. The first-order valence-electron chi connectivity index (χ1n) is 11.5. The molecule has 0 saturated carbocycles. The van der Waals surface area contributed by atoms with Crippen molar-refractivity contribution in [1.82, 2.24) is 19.3 Å². The molecule has 0 radical (unpaired) electrons. The van der Waals surface area contributed by atoms with Crippen molar-refractivity contribution in [3.8, 4) is 0 Å². The Hall–Kier alpha value is -2.64. The van der Waals surface area contributed by atoms with Crippen molar-refractivity contribution in [3.63, 3.8) is 0 Å². The molecule has 0 aliphatic carbocycles. The predicted molar refractivity (Wildman–Crippen MR) is 128 cm³/mol. The van der Waals surface area contributed by atoms with Crippen molar-refractivity contribution in [3.05, 3.63) is 59.1 Å². The number of likely N-dealkylation sites (tertiary alicyclic amines) is 1. The molecule has 168 valence electrons. The summed E-state index contributed by atoms with van der Waals surface area (Å²) in [5, 5.41) is 2.05. The number of thiophene rings is 1. The molecule has 7 heteroatoms. The zero-order chi connectivity index (χ0) is 22.1. The van der Waals surface area contributed by atoms with Gasteiger partial charge in [0.25, 0.3) is 5.91 Å². The van der Waals surface area contributed by atoms with Gasteiger partial charge < -0.3 is 14.4 Å². The third-order valence-corrected chi connectivity index (χ3v) is 7.80. The summed E-state index contributed by atoms with van der Waals surface area (Å²) in [6.45, 7) is 5.69. The van der Waals surface area contributed by atoms with Crippen LogP contribution in [0.5, 0.6) is 0 Å². The van der Waals surface area contributed by atoms with Crippen LogP contribution >= 0.6 is 11.3 Å². The zero-order valence-electron chi connectivity index (χ0n) is 18.6. The monoisotopic (exact) mass is 450 g/mol. The van der Waals surface area contributed by atoms with E-state index in [1.807, 2.05) is 33.5 Å². The van der Waals surface area contributed by atoms with Crippen LogP contribution in [0.25, 0.3) is 10.2 Å². The number of piperazine rings is 1. The first-order chi connectivity index (χ1) is 15.6. The Kier molecular flexibility index (Phi) is 6.02. The molecule has 6 nitrogen and oxygen atoms in total. The van der Waals surface area contributed by atoms with Gasteiger partial charge in [-0.1, -0.05) is 30.3 Å². The largest absolute Gasteiger partial charge is 0.340 e. The van der Waals surface area contributed by atoms with Crippen LogP contribution in [0.1, 0.15) is 28.9 Å². The summed E-state index contributed by atoms with van der Waals surface area (Å²) in [6.07, 6.45) is 1.52. The van der Waals surface area contributed by atoms with E-state index in [1.165, 1.54) is 5.56 Å². The molecule has 0 unspecified atom stereocenters. The summed E-state index contributed by atoms with van der Waals surface area (Å²) in [4.78, 5) is 32.5. The van der Waals surface area contributed by atoms with Crippen LogP contribution in [0.2, 0.25) is 0 Å². The van der Waals surface area contributed by atoms with Gasteiger partial charge >= 0.3 is 0 Å². The lowest BCUT2D eigenvalue weighted by atomic mass is 9.94. The average molecular weight is 451 g/mol. The van der Waals surface area contributed by atoms with E-state index in [0.29, 0.717) is 13.1 Å². The molecular weight excluding hydrogens is 420 g/mol. The number of aryl methyl sites for hydroxylation is 1. The SMILES string of the molecule is Cn1c(C(=O)N2CCC(C(=O)N3CCN(Cc4ccccc4)CC3)CC2)cc2sccc21. The van der Waals surface area contributed by atoms with Crippen molar-refractivity contribution < 1.29 is 9.59 Å². The Balaban J connectivity index is 1.12. The van der Waals surface area contributed by atoms with E-state index in [4.69, 9.17) is 0 Å². The molecule has 0 atom stereocenters. The minimum atomic E-state index is 0.0385. The van der Waals surface area contributed by atoms with E-state index in [9.17, 15) is 9.59 Å². The van der Waals surface area contributed by atoms with Crippen LogP contribution in [-0.2, 0) is 18.4 Å². The maximum Gasteiger partial charge on any atom is 0.270 e. The lowest BCUT2D eigenvalue weighted by Gasteiger charge is -2.38. The molecule has 0 bridgehead atoms. The maximum absolute atomic E-state index is 13.1. The molecule has 4 heterocycles. The molecule has 2 amide bonds. The molecule has 1 aromatic carbocycles. The summed E-state index contributed by atoms with van der Waals surface area (Å²) in [6, 6.07) is 14.6. The van der Waals surface area contributed by atoms with Gasteiger partial charge in [-0.2, -0.15) is 0 Å². The van der Waals surface area contributed by atoms with Crippen LogP contribution in [0.15, 0.2) is 47.8 Å². The minimum absolute atomic E-state index is 0.0385. The van der Waals surface area contributed by atoms with Gasteiger partial charge in [-0.3, -0.25) is 14.5 Å². The number of piperidine rings is 1. The first kappa shape index (κ1) is 21.2. The van der Waals surface area contributed by atoms with Crippen molar-refractivity contribution in [2.24, 2.45) is 13.0 Å². The number of fused-ring (bicyclic) bond motifs is 1. The van der Waals surface area contributed by atoms with Gasteiger partial charge in [-0.05, 0) is 35.9 Å². The van der Waals surface area contributed by atoms with Crippen molar-refractivity contribution in [2.75, 3.05) is 39.3 Å². The number of carbonyl (C=O) groups is 2. The highest BCUT2D eigenvalue weighted by molar-refractivity contribution is 7.17. The smallest absolute Gasteiger partial charge is 0.270 e. The lowest BCUT2D eigenvalue weighted by Crippen LogP contribution is -2.51. The standard InChI is InChI=1S/C25H30N4O2S/c1-26-21-9-16-32-23(21)17-22(26)25(31)28-10-7-20(8-11-28)24(30)29-14-12-27(13-15-29)18-19-5-3-2-4-6-19/h2-6,9,16-17,20H,7-8,10-15,18H2,1H3. The molecule has 3 aromatic rings. The van der Waals surface area contributed by atoms with Crippen LogP contribution in [0.3, 0.4) is 0 Å². The lowest BCUT2D eigenvalue weighted by molar-refractivity contribution is -0.138. The van der Waals surface area contributed by atoms with Gasteiger partial charge in [0, 0.05) is 58.8 Å². The van der Waals surface area contributed by atoms with Crippen molar-refractivity contribution in [2.45, 2.75) is 19.4 Å². The number of benzene rings is 1. The molecule has 2 fully saturated rings. The van der Waals surface area contributed by atoms with Crippen molar-refractivity contribution in [1.29, 1.82) is 0 Å². The third kappa shape index (κ3) is 4.19. The molecule has 0 spiro atoms.